The number of hydrogen-bond donors (Lipinski definition) is 1. The molecule has 0 atom stereocenters. The quantitative estimate of drug-likeness (QED) is 0.495. The first-order chi connectivity index (χ1) is 14.9. The second-order valence-electron chi connectivity index (χ2n) is 9.99. The fraction of sp³-hybridized carbons (Fsp3) is 0.370. The average molecular weight is 436 g/mol. The molecule has 5 nitrogen and oxygen atoms in total. The first-order valence-corrected chi connectivity index (χ1v) is 10.7. The van der Waals surface area contributed by atoms with E-state index in [2.05, 4.69) is 38.2 Å². The maximum absolute atomic E-state index is 12.5. The molecule has 1 N–H and O–H groups in total. The number of amides is 1. The number of ether oxygens (including phenoxy) is 3. The highest BCUT2D eigenvalue weighted by Gasteiger charge is 2.25. The number of hydrogen-bond acceptors (Lipinski definition) is 4. The van der Waals surface area contributed by atoms with Crippen molar-refractivity contribution in [3.8, 4) is 28.4 Å². The van der Waals surface area contributed by atoms with Gasteiger partial charge in [0.25, 0.3) is 0 Å². The van der Waals surface area contributed by atoms with E-state index in [1.54, 1.807) is 14.2 Å². The smallest absolute Gasteiger partial charge is 0.413 e. The van der Waals surface area contributed by atoms with Gasteiger partial charge in [-0.05, 0) is 72.9 Å². The number of carbonyl (C=O) groups is 1. The molecule has 0 unspecified atom stereocenters. The molecule has 0 saturated carbocycles. The van der Waals surface area contributed by atoms with Crippen molar-refractivity contribution in [1.29, 1.82) is 0 Å². The topological polar surface area (TPSA) is 56.8 Å². The molecule has 5 heteroatoms. The highest BCUT2D eigenvalue weighted by Crippen LogP contribution is 2.43. The van der Waals surface area contributed by atoms with Crippen LogP contribution in [0.15, 0.2) is 48.5 Å². The fourth-order valence-corrected chi connectivity index (χ4v) is 3.61. The summed E-state index contributed by atoms with van der Waals surface area (Å²) in [6.45, 7) is 12.1. The molecule has 0 aromatic heterocycles. The van der Waals surface area contributed by atoms with Crippen LogP contribution in [0.1, 0.15) is 47.1 Å². The molecule has 0 aliphatic rings. The van der Waals surface area contributed by atoms with E-state index in [9.17, 15) is 4.79 Å². The normalized spacial score (nSPS) is 11.9. The highest BCUT2D eigenvalue weighted by molar-refractivity contribution is 5.90. The summed E-state index contributed by atoms with van der Waals surface area (Å²) in [7, 11) is 3.34. The lowest BCUT2D eigenvalue weighted by Gasteiger charge is -2.26. The molecule has 0 aliphatic heterocycles. The van der Waals surface area contributed by atoms with Crippen LogP contribution in [0.3, 0.4) is 0 Å². The van der Waals surface area contributed by atoms with Gasteiger partial charge in [-0.3, -0.25) is 0 Å². The maximum Gasteiger partial charge on any atom is 0.413 e. The molecule has 3 aromatic carbocycles. The van der Waals surface area contributed by atoms with Gasteiger partial charge in [0.1, 0.15) is 17.2 Å². The number of nitrogens with one attached hydrogen (secondary N) is 1. The Morgan fingerprint density at radius 3 is 2.03 bits per heavy atom. The molecule has 0 fully saturated rings. The van der Waals surface area contributed by atoms with Crippen LogP contribution >= 0.6 is 0 Å². The minimum Gasteiger partial charge on any atom is -0.497 e. The minimum absolute atomic E-state index is 0.218. The Bertz CT molecular complexity index is 1140. The van der Waals surface area contributed by atoms with Gasteiger partial charge in [0, 0.05) is 16.7 Å². The van der Waals surface area contributed by atoms with E-state index >= 15 is 0 Å². The number of methoxy groups -OCH3 is 2. The summed E-state index contributed by atoms with van der Waals surface area (Å²) in [6.07, 6.45) is -0.487. The summed E-state index contributed by atoms with van der Waals surface area (Å²) >= 11 is 0. The summed E-state index contributed by atoms with van der Waals surface area (Å²) in [5.41, 5.74) is 2.21. The van der Waals surface area contributed by atoms with Crippen LogP contribution in [0.25, 0.3) is 21.9 Å². The lowest BCUT2D eigenvalue weighted by molar-refractivity contribution is 0.190. The van der Waals surface area contributed by atoms with Crippen molar-refractivity contribution in [2.75, 3.05) is 14.2 Å². The number of fused-ring (bicyclic) bond motifs is 1. The van der Waals surface area contributed by atoms with E-state index in [-0.39, 0.29) is 5.41 Å². The number of rotatable bonds is 4. The van der Waals surface area contributed by atoms with E-state index in [1.165, 1.54) is 0 Å². The molecule has 0 heterocycles. The molecule has 3 rings (SSSR count). The van der Waals surface area contributed by atoms with Crippen LogP contribution in [0.5, 0.6) is 17.2 Å². The SMILES string of the molecule is COc1ccc2cc(-c3cc(OC(=O)NC(C)(C)C)cc(C(C)(C)C)c3OC)ccc2c1. The van der Waals surface area contributed by atoms with Crippen molar-refractivity contribution < 1.29 is 19.0 Å². The summed E-state index contributed by atoms with van der Waals surface area (Å²) < 4.78 is 16.9. The van der Waals surface area contributed by atoms with Gasteiger partial charge in [0.2, 0.25) is 0 Å². The summed E-state index contributed by atoms with van der Waals surface area (Å²) in [6, 6.07) is 15.9. The lowest BCUT2D eigenvalue weighted by atomic mass is 9.84. The van der Waals surface area contributed by atoms with Gasteiger partial charge in [0.15, 0.2) is 0 Å². The molecule has 0 bridgehead atoms. The zero-order chi connectivity index (χ0) is 23.7. The van der Waals surface area contributed by atoms with Gasteiger partial charge >= 0.3 is 6.09 Å². The van der Waals surface area contributed by atoms with Crippen molar-refractivity contribution in [2.45, 2.75) is 52.5 Å². The summed E-state index contributed by atoms with van der Waals surface area (Å²) in [5.74, 6) is 2.06. The Balaban J connectivity index is 2.14. The second-order valence-corrected chi connectivity index (χ2v) is 9.99. The molecule has 0 radical (unpaired) electrons. The molecule has 3 aromatic rings. The Labute approximate surface area is 190 Å². The molecule has 170 valence electrons. The van der Waals surface area contributed by atoms with Crippen molar-refractivity contribution in [1.82, 2.24) is 5.32 Å². The monoisotopic (exact) mass is 435 g/mol. The van der Waals surface area contributed by atoms with Crippen molar-refractivity contribution in [3.05, 3.63) is 54.1 Å². The molecule has 0 saturated heterocycles. The Morgan fingerprint density at radius 1 is 0.781 bits per heavy atom. The zero-order valence-electron chi connectivity index (χ0n) is 20.3. The Morgan fingerprint density at radius 2 is 1.44 bits per heavy atom. The van der Waals surface area contributed by atoms with Crippen molar-refractivity contribution in [2.24, 2.45) is 0 Å². The van der Waals surface area contributed by atoms with Gasteiger partial charge in [-0.2, -0.15) is 0 Å². The number of carbonyl (C=O) groups excluding carboxylic acids is 1. The van der Waals surface area contributed by atoms with E-state index < -0.39 is 11.6 Å². The molecule has 0 spiro atoms. The molecular weight excluding hydrogens is 402 g/mol. The van der Waals surface area contributed by atoms with Gasteiger partial charge in [-0.25, -0.2) is 4.79 Å². The van der Waals surface area contributed by atoms with Gasteiger partial charge in [0.05, 0.1) is 14.2 Å². The molecular formula is C27H33NO4. The minimum atomic E-state index is -0.487. The van der Waals surface area contributed by atoms with Crippen LogP contribution in [0.2, 0.25) is 0 Å². The third-order valence-corrected chi connectivity index (χ3v) is 5.12. The zero-order valence-corrected chi connectivity index (χ0v) is 20.3. The second kappa shape index (κ2) is 8.73. The first kappa shape index (κ1) is 23.5. The van der Waals surface area contributed by atoms with Gasteiger partial charge in [-0.1, -0.05) is 39.0 Å². The fourth-order valence-electron chi connectivity index (χ4n) is 3.61. The maximum atomic E-state index is 12.5. The first-order valence-electron chi connectivity index (χ1n) is 10.7. The lowest BCUT2D eigenvalue weighted by Crippen LogP contribution is -2.42. The van der Waals surface area contributed by atoms with E-state index in [1.807, 2.05) is 57.2 Å². The average Bonchev–Trinajstić information content (AvgIpc) is 2.70. The summed E-state index contributed by atoms with van der Waals surface area (Å²) in [4.78, 5) is 12.5. The predicted molar refractivity (Wildman–Crippen MR) is 130 cm³/mol. The van der Waals surface area contributed by atoms with E-state index in [0.717, 1.165) is 39.0 Å². The Hall–Kier alpha value is -3.21. The highest BCUT2D eigenvalue weighted by atomic mass is 16.6. The molecule has 32 heavy (non-hydrogen) atoms. The molecule has 0 aliphatic carbocycles. The van der Waals surface area contributed by atoms with Crippen LogP contribution in [0, 0.1) is 0 Å². The largest absolute Gasteiger partial charge is 0.497 e. The number of benzene rings is 3. The predicted octanol–water partition coefficient (Wildman–Crippen LogP) is 6.71. The standard InChI is InChI=1S/C27H33NO4/c1-26(2,3)23-16-21(32-25(29)28-27(4,5)6)15-22(24(23)31-8)19-10-9-18-14-20(30-7)12-11-17(18)13-19/h9-16H,1-8H3,(H,28,29). The van der Waals surface area contributed by atoms with Crippen molar-refractivity contribution in [3.63, 3.8) is 0 Å². The van der Waals surface area contributed by atoms with Gasteiger partial charge < -0.3 is 19.5 Å². The van der Waals surface area contributed by atoms with Crippen LogP contribution in [0.4, 0.5) is 4.79 Å². The Kier molecular flexibility index (Phi) is 6.40. The third-order valence-electron chi connectivity index (χ3n) is 5.12. The van der Waals surface area contributed by atoms with Gasteiger partial charge in [-0.15, -0.1) is 0 Å². The van der Waals surface area contributed by atoms with E-state index in [4.69, 9.17) is 14.2 Å². The van der Waals surface area contributed by atoms with Crippen LogP contribution in [-0.2, 0) is 5.41 Å². The molecule has 1 amide bonds. The third kappa shape index (κ3) is 5.34. The van der Waals surface area contributed by atoms with E-state index in [0.29, 0.717) is 5.75 Å². The summed E-state index contributed by atoms with van der Waals surface area (Å²) in [5, 5.41) is 5.01. The van der Waals surface area contributed by atoms with Crippen molar-refractivity contribution >= 4 is 16.9 Å². The van der Waals surface area contributed by atoms with Crippen LogP contribution in [-0.4, -0.2) is 25.9 Å². The van der Waals surface area contributed by atoms with Crippen LogP contribution < -0.4 is 19.5 Å².